The van der Waals surface area contributed by atoms with Crippen LogP contribution in [0.25, 0.3) is 0 Å². The van der Waals surface area contributed by atoms with E-state index in [1.165, 1.54) is 45.2 Å². The summed E-state index contributed by atoms with van der Waals surface area (Å²) in [6.07, 6.45) is 8.45. The first-order chi connectivity index (χ1) is 7.18. The van der Waals surface area contributed by atoms with E-state index in [0.29, 0.717) is 0 Å². The van der Waals surface area contributed by atoms with E-state index in [1.54, 1.807) is 0 Å². The summed E-state index contributed by atoms with van der Waals surface area (Å²) >= 11 is 0. The highest BCUT2D eigenvalue weighted by atomic mass is 16.3. The van der Waals surface area contributed by atoms with Crippen LogP contribution in [0.3, 0.4) is 0 Å². The Balaban J connectivity index is 1.80. The summed E-state index contributed by atoms with van der Waals surface area (Å²) < 4.78 is 0. The number of nitrogens with zero attached hydrogens (tertiary/aromatic N) is 1. The topological polar surface area (TPSA) is 23.5 Å². The van der Waals surface area contributed by atoms with Crippen LogP contribution in [0.4, 0.5) is 0 Å². The molecule has 1 aliphatic heterocycles. The summed E-state index contributed by atoms with van der Waals surface area (Å²) in [7, 11) is 0. The van der Waals surface area contributed by atoms with Gasteiger partial charge in [0.05, 0.1) is 5.60 Å². The van der Waals surface area contributed by atoms with E-state index in [4.69, 9.17) is 0 Å². The van der Waals surface area contributed by atoms with Crippen molar-refractivity contribution in [3.05, 3.63) is 0 Å². The minimum atomic E-state index is -0.348. The van der Waals surface area contributed by atoms with Crippen molar-refractivity contribution >= 4 is 0 Å². The Morgan fingerprint density at radius 1 is 1.13 bits per heavy atom. The molecule has 2 fully saturated rings. The van der Waals surface area contributed by atoms with Crippen LogP contribution >= 0.6 is 0 Å². The Hall–Kier alpha value is -0.0800. The highest BCUT2D eigenvalue weighted by molar-refractivity contribution is 4.86. The fourth-order valence-corrected chi connectivity index (χ4v) is 3.00. The second-order valence-corrected chi connectivity index (χ2v) is 5.74. The van der Waals surface area contributed by atoms with Crippen molar-refractivity contribution in [2.75, 3.05) is 19.6 Å². The molecule has 2 heteroatoms. The molecule has 1 heterocycles. The fraction of sp³-hybridized carbons (Fsp3) is 1.00. The number of hydrogen-bond acceptors (Lipinski definition) is 2. The van der Waals surface area contributed by atoms with Gasteiger partial charge in [-0.2, -0.15) is 0 Å². The lowest BCUT2D eigenvalue weighted by atomic mass is 9.84. The molecule has 0 aromatic heterocycles. The van der Waals surface area contributed by atoms with Gasteiger partial charge in [-0.1, -0.05) is 26.2 Å². The third kappa shape index (κ3) is 3.18. The first kappa shape index (κ1) is 11.4. The number of likely N-dealkylation sites (tertiary alicyclic amines) is 1. The molecule has 1 aliphatic carbocycles. The molecule has 2 nitrogen and oxygen atoms in total. The molecule has 0 bridgehead atoms. The summed E-state index contributed by atoms with van der Waals surface area (Å²) in [5.74, 6) is 0.891. The third-order valence-corrected chi connectivity index (χ3v) is 4.18. The van der Waals surface area contributed by atoms with Gasteiger partial charge in [-0.15, -0.1) is 0 Å². The van der Waals surface area contributed by atoms with Gasteiger partial charge in [0.25, 0.3) is 0 Å². The maximum Gasteiger partial charge on any atom is 0.0774 e. The molecular weight excluding hydrogens is 186 g/mol. The van der Waals surface area contributed by atoms with Crippen molar-refractivity contribution in [1.82, 2.24) is 4.90 Å². The molecule has 0 aromatic rings. The predicted molar refractivity (Wildman–Crippen MR) is 62.9 cm³/mol. The zero-order valence-electron chi connectivity index (χ0n) is 10.0. The van der Waals surface area contributed by atoms with Gasteiger partial charge in [-0.05, 0) is 44.7 Å². The van der Waals surface area contributed by atoms with Gasteiger partial charge in [0, 0.05) is 6.54 Å². The van der Waals surface area contributed by atoms with Crippen LogP contribution < -0.4 is 0 Å². The van der Waals surface area contributed by atoms with Crippen molar-refractivity contribution in [2.24, 2.45) is 5.92 Å². The van der Waals surface area contributed by atoms with E-state index in [-0.39, 0.29) is 5.60 Å². The smallest absolute Gasteiger partial charge is 0.0774 e. The second-order valence-electron chi connectivity index (χ2n) is 5.74. The molecule has 1 saturated carbocycles. The van der Waals surface area contributed by atoms with Crippen LogP contribution in [-0.4, -0.2) is 35.2 Å². The third-order valence-electron chi connectivity index (χ3n) is 4.18. The van der Waals surface area contributed by atoms with Gasteiger partial charge in [0.2, 0.25) is 0 Å². The Morgan fingerprint density at radius 2 is 1.73 bits per heavy atom. The SMILES string of the molecule is CC1CCN(CC2(O)CCCCC2)CC1. The van der Waals surface area contributed by atoms with Crippen molar-refractivity contribution in [3.63, 3.8) is 0 Å². The predicted octanol–water partition coefficient (Wildman–Crippen LogP) is 2.41. The summed E-state index contributed by atoms with van der Waals surface area (Å²) in [6.45, 7) is 5.67. The summed E-state index contributed by atoms with van der Waals surface area (Å²) in [5.41, 5.74) is -0.348. The maximum absolute atomic E-state index is 10.4. The lowest BCUT2D eigenvalue weighted by Crippen LogP contribution is -2.46. The van der Waals surface area contributed by atoms with E-state index < -0.39 is 0 Å². The van der Waals surface area contributed by atoms with Gasteiger partial charge < -0.3 is 10.0 Å². The number of piperidine rings is 1. The van der Waals surface area contributed by atoms with Crippen LogP contribution in [-0.2, 0) is 0 Å². The molecule has 0 unspecified atom stereocenters. The van der Waals surface area contributed by atoms with Crippen molar-refractivity contribution < 1.29 is 5.11 Å². The monoisotopic (exact) mass is 211 g/mol. The number of aliphatic hydroxyl groups is 1. The standard InChI is InChI=1S/C13H25NO/c1-12-5-9-14(10-6-12)11-13(15)7-3-2-4-8-13/h12,15H,2-11H2,1H3. The van der Waals surface area contributed by atoms with Crippen LogP contribution in [0.1, 0.15) is 51.9 Å². The Bertz CT molecular complexity index is 191. The van der Waals surface area contributed by atoms with Gasteiger partial charge in [-0.25, -0.2) is 0 Å². The Morgan fingerprint density at radius 3 is 2.33 bits per heavy atom. The normalized spacial score (nSPS) is 29.2. The lowest BCUT2D eigenvalue weighted by Gasteiger charge is -2.39. The van der Waals surface area contributed by atoms with Crippen molar-refractivity contribution in [2.45, 2.75) is 57.5 Å². The highest BCUT2D eigenvalue weighted by Crippen LogP contribution is 2.30. The van der Waals surface area contributed by atoms with E-state index in [1.807, 2.05) is 0 Å². The van der Waals surface area contributed by atoms with E-state index in [0.717, 1.165) is 25.3 Å². The van der Waals surface area contributed by atoms with Crippen molar-refractivity contribution in [3.8, 4) is 0 Å². The minimum absolute atomic E-state index is 0.348. The molecule has 88 valence electrons. The molecular formula is C13H25NO. The summed E-state index contributed by atoms with van der Waals surface area (Å²) in [5, 5.41) is 10.4. The average molecular weight is 211 g/mol. The Labute approximate surface area is 93.7 Å². The number of β-amino-alcohol motifs (C(OH)–C–C–N with tert-alkyl or cyclic N) is 1. The maximum atomic E-state index is 10.4. The molecule has 15 heavy (non-hydrogen) atoms. The van der Waals surface area contributed by atoms with Crippen LogP contribution in [0.5, 0.6) is 0 Å². The molecule has 0 spiro atoms. The Kier molecular flexibility index (Phi) is 3.68. The first-order valence-corrected chi connectivity index (χ1v) is 6.63. The minimum Gasteiger partial charge on any atom is -0.389 e. The molecule has 0 radical (unpaired) electrons. The summed E-state index contributed by atoms with van der Waals surface area (Å²) in [6, 6.07) is 0. The van der Waals surface area contributed by atoms with Crippen LogP contribution in [0.2, 0.25) is 0 Å². The largest absolute Gasteiger partial charge is 0.389 e. The molecule has 2 rings (SSSR count). The summed E-state index contributed by atoms with van der Waals surface area (Å²) in [4.78, 5) is 2.48. The number of hydrogen-bond donors (Lipinski definition) is 1. The molecule has 0 aromatic carbocycles. The molecule has 2 aliphatic rings. The van der Waals surface area contributed by atoms with Gasteiger partial charge in [-0.3, -0.25) is 0 Å². The van der Waals surface area contributed by atoms with Crippen LogP contribution in [0.15, 0.2) is 0 Å². The van der Waals surface area contributed by atoms with E-state index in [2.05, 4.69) is 11.8 Å². The second kappa shape index (κ2) is 4.84. The van der Waals surface area contributed by atoms with Crippen molar-refractivity contribution in [1.29, 1.82) is 0 Å². The highest BCUT2D eigenvalue weighted by Gasteiger charge is 2.32. The molecule has 0 amide bonds. The zero-order chi connectivity index (χ0) is 10.7. The average Bonchev–Trinajstić information content (AvgIpc) is 2.22. The molecule has 0 atom stereocenters. The lowest BCUT2D eigenvalue weighted by molar-refractivity contribution is -0.0321. The van der Waals surface area contributed by atoms with E-state index >= 15 is 0 Å². The van der Waals surface area contributed by atoms with Gasteiger partial charge in [0.15, 0.2) is 0 Å². The first-order valence-electron chi connectivity index (χ1n) is 6.63. The molecule has 1 saturated heterocycles. The van der Waals surface area contributed by atoms with Gasteiger partial charge >= 0.3 is 0 Å². The number of rotatable bonds is 2. The molecule has 1 N–H and O–H groups in total. The van der Waals surface area contributed by atoms with Crippen LogP contribution in [0, 0.1) is 5.92 Å². The van der Waals surface area contributed by atoms with E-state index in [9.17, 15) is 5.11 Å². The zero-order valence-corrected chi connectivity index (χ0v) is 10.0. The fourth-order valence-electron chi connectivity index (χ4n) is 3.00. The quantitative estimate of drug-likeness (QED) is 0.758. The van der Waals surface area contributed by atoms with Gasteiger partial charge in [0.1, 0.15) is 0 Å².